The number of hydrogen-bond acceptors (Lipinski definition) is 5. The topological polar surface area (TPSA) is 67.5 Å². The normalized spacial score (nSPS) is 11.2. The van der Waals surface area contributed by atoms with Crippen molar-refractivity contribution in [3.8, 4) is 0 Å². The molecule has 0 aliphatic rings. The van der Waals surface area contributed by atoms with Crippen LogP contribution in [-0.2, 0) is 4.79 Å². The molecule has 0 aliphatic heterocycles. The van der Waals surface area contributed by atoms with Gasteiger partial charge in [0.1, 0.15) is 5.52 Å². The van der Waals surface area contributed by atoms with Crippen LogP contribution in [0.2, 0.25) is 0 Å². The highest BCUT2D eigenvalue weighted by atomic mass is 79.9. The van der Waals surface area contributed by atoms with Gasteiger partial charge in [0.05, 0.1) is 12.0 Å². The van der Waals surface area contributed by atoms with E-state index in [2.05, 4.69) is 31.4 Å². The Morgan fingerprint density at radius 2 is 2.04 bits per heavy atom. The summed E-state index contributed by atoms with van der Waals surface area (Å²) in [7, 11) is 0. The first kappa shape index (κ1) is 15.8. The number of aromatic nitrogens is 1. The molecular formula is C16H12BrN3O2S. The summed E-state index contributed by atoms with van der Waals surface area (Å²) in [5.41, 5.74) is 4.86. The summed E-state index contributed by atoms with van der Waals surface area (Å²) in [5.74, 6) is -0.0410. The summed E-state index contributed by atoms with van der Waals surface area (Å²) in [6.45, 7) is 0. The van der Waals surface area contributed by atoms with Gasteiger partial charge in [0, 0.05) is 10.0 Å². The SMILES string of the molecule is O=C(CSc1nc2ccccc2o1)N/N=C\c1ccccc1Br. The van der Waals surface area contributed by atoms with E-state index in [0.717, 1.165) is 15.6 Å². The number of hydrogen-bond donors (Lipinski definition) is 1. The molecule has 1 aromatic heterocycles. The maximum atomic E-state index is 11.8. The summed E-state index contributed by atoms with van der Waals surface area (Å²) in [6, 6.07) is 15.1. The Kier molecular flexibility index (Phi) is 5.09. The van der Waals surface area contributed by atoms with Gasteiger partial charge in [-0.05, 0) is 18.2 Å². The van der Waals surface area contributed by atoms with Crippen molar-refractivity contribution in [3.63, 3.8) is 0 Å². The highest BCUT2D eigenvalue weighted by Gasteiger charge is 2.08. The van der Waals surface area contributed by atoms with Gasteiger partial charge in [-0.3, -0.25) is 4.79 Å². The van der Waals surface area contributed by atoms with Gasteiger partial charge in [-0.25, -0.2) is 10.4 Å². The Hall–Kier alpha value is -2.12. The second-order valence-corrected chi connectivity index (χ2v) is 6.33. The predicted molar refractivity (Wildman–Crippen MR) is 94.6 cm³/mol. The van der Waals surface area contributed by atoms with Gasteiger partial charge in [0.2, 0.25) is 0 Å². The molecule has 3 aromatic rings. The van der Waals surface area contributed by atoms with Crippen molar-refractivity contribution in [2.24, 2.45) is 5.10 Å². The van der Waals surface area contributed by atoms with Crippen LogP contribution in [0.25, 0.3) is 11.1 Å². The summed E-state index contributed by atoms with van der Waals surface area (Å²) in [6.07, 6.45) is 1.59. The van der Waals surface area contributed by atoms with Crippen LogP contribution in [0.1, 0.15) is 5.56 Å². The lowest BCUT2D eigenvalue weighted by Gasteiger charge is -1.98. The molecule has 0 spiro atoms. The van der Waals surface area contributed by atoms with Crippen molar-refractivity contribution in [3.05, 3.63) is 58.6 Å². The van der Waals surface area contributed by atoms with Crippen molar-refractivity contribution in [2.75, 3.05) is 5.75 Å². The van der Waals surface area contributed by atoms with E-state index in [0.29, 0.717) is 10.8 Å². The lowest BCUT2D eigenvalue weighted by Crippen LogP contribution is -2.19. The maximum Gasteiger partial charge on any atom is 0.257 e. The molecule has 5 nitrogen and oxygen atoms in total. The van der Waals surface area contributed by atoms with Crippen LogP contribution in [0.3, 0.4) is 0 Å². The number of oxazole rings is 1. The van der Waals surface area contributed by atoms with Crippen LogP contribution < -0.4 is 5.43 Å². The van der Waals surface area contributed by atoms with E-state index in [1.165, 1.54) is 11.8 Å². The first-order valence-electron chi connectivity index (χ1n) is 6.77. The first-order valence-corrected chi connectivity index (χ1v) is 8.55. The van der Waals surface area contributed by atoms with Crippen molar-refractivity contribution in [2.45, 2.75) is 5.22 Å². The second-order valence-electron chi connectivity index (χ2n) is 4.55. The van der Waals surface area contributed by atoms with E-state index in [-0.39, 0.29) is 11.7 Å². The van der Waals surface area contributed by atoms with Gasteiger partial charge in [-0.2, -0.15) is 5.10 Å². The zero-order valence-electron chi connectivity index (χ0n) is 11.9. The fourth-order valence-electron chi connectivity index (χ4n) is 1.83. The number of carbonyl (C=O) groups is 1. The number of hydrazone groups is 1. The highest BCUT2D eigenvalue weighted by Crippen LogP contribution is 2.22. The zero-order valence-corrected chi connectivity index (χ0v) is 14.3. The van der Waals surface area contributed by atoms with Gasteiger partial charge in [-0.1, -0.05) is 58.0 Å². The van der Waals surface area contributed by atoms with E-state index >= 15 is 0 Å². The molecule has 0 bridgehead atoms. The minimum absolute atomic E-state index is 0.181. The average Bonchev–Trinajstić information content (AvgIpc) is 2.98. The quantitative estimate of drug-likeness (QED) is 0.409. The number of amides is 1. The van der Waals surface area contributed by atoms with E-state index in [4.69, 9.17) is 4.42 Å². The molecule has 1 amide bonds. The number of halogens is 1. The zero-order chi connectivity index (χ0) is 16.1. The second kappa shape index (κ2) is 7.43. The van der Waals surface area contributed by atoms with Gasteiger partial charge in [-0.15, -0.1) is 0 Å². The molecule has 3 rings (SSSR count). The molecule has 0 unspecified atom stereocenters. The first-order chi connectivity index (χ1) is 11.2. The van der Waals surface area contributed by atoms with Gasteiger partial charge in [0.25, 0.3) is 11.1 Å². The third kappa shape index (κ3) is 4.20. The number of nitrogens with zero attached hydrogens (tertiary/aromatic N) is 2. The van der Waals surface area contributed by atoms with Crippen molar-refractivity contribution < 1.29 is 9.21 Å². The Bertz CT molecular complexity index is 830. The third-order valence-electron chi connectivity index (χ3n) is 2.90. The van der Waals surface area contributed by atoms with Crippen LogP contribution in [0, 0.1) is 0 Å². The summed E-state index contributed by atoms with van der Waals surface area (Å²) in [4.78, 5) is 16.1. The molecule has 0 atom stereocenters. The van der Waals surface area contributed by atoms with Gasteiger partial charge < -0.3 is 4.42 Å². The molecule has 23 heavy (non-hydrogen) atoms. The number of nitrogens with one attached hydrogen (secondary N) is 1. The number of fused-ring (bicyclic) bond motifs is 1. The van der Waals surface area contributed by atoms with Crippen molar-refractivity contribution >= 4 is 50.9 Å². The smallest absolute Gasteiger partial charge is 0.257 e. The van der Waals surface area contributed by atoms with Crippen molar-refractivity contribution in [1.82, 2.24) is 10.4 Å². The minimum atomic E-state index is -0.222. The number of benzene rings is 2. The van der Waals surface area contributed by atoms with Crippen LogP contribution in [0.4, 0.5) is 0 Å². The fraction of sp³-hybridized carbons (Fsp3) is 0.0625. The van der Waals surface area contributed by atoms with Crippen LogP contribution in [0.5, 0.6) is 0 Å². The minimum Gasteiger partial charge on any atom is -0.431 e. The molecule has 7 heteroatoms. The van der Waals surface area contributed by atoms with E-state index in [9.17, 15) is 4.79 Å². The van der Waals surface area contributed by atoms with Crippen molar-refractivity contribution in [1.29, 1.82) is 0 Å². The number of para-hydroxylation sites is 2. The Labute approximate surface area is 145 Å². The molecule has 1 heterocycles. The number of carbonyl (C=O) groups excluding carboxylic acids is 1. The Morgan fingerprint density at radius 1 is 1.26 bits per heavy atom. The lowest BCUT2D eigenvalue weighted by atomic mass is 10.2. The molecule has 116 valence electrons. The lowest BCUT2D eigenvalue weighted by molar-refractivity contribution is -0.118. The molecule has 0 saturated heterocycles. The predicted octanol–water partition coefficient (Wildman–Crippen LogP) is 3.83. The number of thioether (sulfide) groups is 1. The fourth-order valence-corrected chi connectivity index (χ4v) is 2.84. The average molecular weight is 390 g/mol. The summed E-state index contributed by atoms with van der Waals surface area (Å²) >= 11 is 4.64. The standard InChI is InChI=1S/C16H12BrN3O2S/c17-12-6-2-1-5-11(12)9-18-20-15(21)10-23-16-19-13-7-3-4-8-14(13)22-16/h1-9H,10H2,(H,20,21)/b18-9-. The monoisotopic (exact) mass is 389 g/mol. The van der Waals surface area contributed by atoms with Gasteiger partial charge in [0.15, 0.2) is 5.58 Å². The maximum absolute atomic E-state index is 11.8. The van der Waals surface area contributed by atoms with Gasteiger partial charge >= 0.3 is 0 Å². The molecule has 0 saturated carbocycles. The summed E-state index contributed by atoms with van der Waals surface area (Å²) < 4.78 is 6.45. The van der Waals surface area contributed by atoms with Crippen LogP contribution >= 0.6 is 27.7 Å². The number of rotatable bonds is 5. The molecule has 2 aromatic carbocycles. The largest absolute Gasteiger partial charge is 0.431 e. The van der Waals surface area contributed by atoms with E-state index < -0.39 is 0 Å². The molecule has 0 radical (unpaired) electrons. The van der Waals surface area contributed by atoms with Crippen LogP contribution in [0.15, 0.2) is 67.7 Å². The van der Waals surface area contributed by atoms with E-state index in [1.54, 1.807) is 6.21 Å². The molecule has 1 N–H and O–H groups in total. The summed E-state index contributed by atoms with van der Waals surface area (Å²) in [5, 5.41) is 4.41. The Morgan fingerprint density at radius 3 is 2.87 bits per heavy atom. The molecular weight excluding hydrogens is 378 g/mol. The van der Waals surface area contributed by atoms with E-state index in [1.807, 2.05) is 48.5 Å². The highest BCUT2D eigenvalue weighted by molar-refractivity contribution is 9.10. The third-order valence-corrected chi connectivity index (χ3v) is 4.45. The van der Waals surface area contributed by atoms with Crippen LogP contribution in [-0.4, -0.2) is 22.9 Å². The molecule has 0 aliphatic carbocycles. The Balaban J connectivity index is 1.52. The molecule has 0 fully saturated rings.